The molecule has 0 saturated carbocycles. The summed E-state index contributed by atoms with van der Waals surface area (Å²) in [5.74, 6) is -0.446. The first-order valence-corrected chi connectivity index (χ1v) is 7.25. The van der Waals surface area contributed by atoms with Gasteiger partial charge in [0.2, 0.25) is 0 Å². The van der Waals surface area contributed by atoms with E-state index in [1.54, 1.807) is 12.1 Å². The fraction of sp³-hybridized carbons (Fsp3) is 0.0833. The SMILES string of the molecule is O=C(Nc1ccc(OC(F)F)c(Cl)c1)c1ccc(Br)s1. The molecule has 0 aliphatic rings. The Balaban J connectivity index is 2.10. The zero-order chi connectivity index (χ0) is 14.7. The van der Waals surface area contributed by atoms with Crippen molar-refractivity contribution in [2.45, 2.75) is 6.61 Å². The average Bonchev–Trinajstić information content (AvgIpc) is 2.79. The molecule has 1 heterocycles. The highest BCUT2D eigenvalue weighted by molar-refractivity contribution is 9.11. The molecule has 1 aromatic carbocycles. The number of alkyl halides is 2. The number of benzene rings is 1. The topological polar surface area (TPSA) is 38.3 Å². The minimum atomic E-state index is -2.95. The Kier molecular flexibility index (Phi) is 4.95. The molecule has 0 atom stereocenters. The first kappa shape index (κ1) is 15.2. The number of hydrogen-bond donors (Lipinski definition) is 1. The highest BCUT2D eigenvalue weighted by Crippen LogP contribution is 2.29. The zero-order valence-corrected chi connectivity index (χ0v) is 12.9. The molecule has 0 unspecified atom stereocenters. The van der Waals surface area contributed by atoms with Crippen LogP contribution in [0.4, 0.5) is 14.5 Å². The zero-order valence-electron chi connectivity index (χ0n) is 9.70. The van der Waals surface area contributed by atoms with Crippen LogP contribution in [0, 0.1) is 0 Å². The molecule has 1 aromatic heterocycles. The van der Waals surface area contributed by atoms with Crippen LogP contribution in [0.15, 0.2) is 34.1 Å². The molecule has 1 amide bonds. The molecule has 1 N–H and O–H groups in total. The van der Waals surface area contributed by atoms with Gasteiger partial charge in [0.15, 0.2) is 0 Å². The average molecular weight is 383 g/mol. The number of hydrogen-bond acceptors (Lipinski definition) is 3. The third-order valence-corrected chi connectivity index (χ3v) is 4.12. The number of amides is 1. The molecular formula is C12H7BrClF2NO2S. The van der Waals surface area contributed by atoms with Gasteiger partial charge in [0.25, 0.3) is 5.91 Å². The van der Waals surface area contributed by atoms with E-state index in [9.17, 15) is 13.6 Å². The Morgan fingerprint density at radius 3 is 2.65 bits per heavy atom. The maximum atomic E-state index is 12.1. The lowest BCUT2D eigenvalue weighted by Crippen LogP contribution is -2.10. The Labute approximate surface area is 130 Å². The van der Waals surface area contributed by atoms with Gasteiger partial charge < -0.3 is 10.1 Å². The predicted octanol–water partition coefficient (Wildman–Crippen LogP) is 5.02. The van der Waals surface area contributed by atoms with Crippen molar-refractivity contribution in [2.75, 3.05) is 5.32 Å². The number of carbonyl (C=O) groups excluding carboxylic acids is 1. The van der Waals surface area contributed by atoms with Crippen LogP contribution in [0.25, 0.3) is 0 Å². The van der Waals surface area contributed by atoms with Gasteiger partial charge in [-0.15, -0.1) is 11.3 Å². The number of anilines is 1. The van der Waals surface area contributed by atoms with Crippen molar-refractivity contribution in [3.05, 3.63) is 44.0 Å². The minimum Gasteiger partial charge on any atom is -0.433 e. The summed E-state index contributed by atoms with van der Waals surface area (Å²) < 4.78 is 29.2. The van der Waals surface area contributed by atoms with Crippen molar-refractivity contribution in [1.82, 2.24) is 0 Å². The second-order valence-electron chi connectivity index (χ2n) is 3.58. The van der Waals surface area contributed by atoms with Crippen molar-refractivity contribution in [3.8, 4) is 5.75 Å². The standard InChI is InChI=1S/C12H7BrClF2NO2S/c13-10-4-3-9(20-10)11(18)17-6-1-2-8(7(14)5-6)19-12(15)16/h1-5,12H,(H,17,18). The summed E-state index contributed by atoms with van der Waals surface area (Å²) in [4.78, 5) is 12.4. The Morgan fingerprint density at radius 2 is 2.10 bits per heavy atom. The molecule has 20 heavy (non-hydrogen) atoms. The maximum absolute atomic E-state index is 12.1. The van der Waals surface area contributed by atoms with Crippen LogP contribution in [0.2, 0.25) is 5.02 Å². The van der Waals surface area contributed by atoms with Gasteiger partial charge in [0.05, 0.1) is 13.7 Å². The third-order valence-electron chi connectivity index (χ3n) is 2.20. The quantitative estimate of drug-likeness (QED) is 0.806. The summed E-state index contributed by atoms with van der Waals surface area (Å²) in [6, 6.07) is 7.48. The second kappa shape index (κ2) is 6.51. The lowest BCUT2D eigenvalue weighted by atomic mass is 10.3. The Bertz CT molecular complexity index is 636. The van der Waals surface area contributed by atoms with Crippen LogP contribution < -0.4 is 10.1 Å². The molecule has 0 aliphatic carbocycles. The fourth-order valence-corrected chi connectivity index (χ4v) is 2.91. The highest BCUT2D eigenvalue weighted by atomic mass is 79.9. The molecule has 2 aromatic rings. The van der Waals surface area contributed by atoms with Crippen molar-refractivity contribution < 1.29 is 18.3 Å². The van der Waals surface area contributed by atoms with E-state index in [-0.39, 0.29) is 16.7 Å². The molecule has 8 heteroatoms. The summed E-state index contributed by atoms with van der Waals surface area (Å²) in [5.41, 5.74) is 0.395. The first-order chi connectivity index (χ1) is 9.45. The van der Waals surface area contributed by atoms with Crippen LogP contribution >= 0.6 is 38.9 Å². The number of ether oxygens (including phenoxy) is 1. The summed E-state index contributed by atoms with van der Waals surface area (Å²) >= 11 is 10.3. The number of nitrogens with one attached hydrogen (secondary N) is 1. The van der Waals surface area contributed by atoms with E-state index < -0.39 is 6.61 Å². The Morgan fingerprint density at radius 1 is 1.35 bits per heavy atom. The third kappa shape index (κ3) is 3.91. The van der Waals surface area contributed by atoms with E-state index >= 15 is 0 Å². The fourth-order valence-electron chi connectivity index (χ4n) is 1.40. The van der Waals surface area contributed by atoms with Crippen LogP contribution in [-0.4, -0.2) is 12.5 Å². The summed E-state index contributed by atoms with van der Waals surface area (Å²) in [7, 11) is 0. The van der Waals surface area contributed by atoms with Gasteiger partial charge in [-0.05, 0) is 46.3 Å². The van der Waals surface area contributed by atoms with E-state index in [1.807, 2.05) is 0 Å². The molecule has 0 spiro atoms. The van der Waals surface area contributed by atoms with Crippen LogP contribution in [0.1, 0.15) is 9.67 Å². The largest absolute Gasteiger partial charge is 0.433 e. The van der Waals surface area contributed by atoms with Crippen LogP contribution in [-0.2, 0) is 0 Å². The highest BCUT2D eigenvalue weighted by Gasteiger charge is 2.12. The van der Waals surface area contributed by atoms with Gasteiger partial charge in [0.1, 0.15) is 5.75 Å². The van der Waals surface area contributed by atoms with Crippen molar-refractivity contribution in [2.24, 2.45) is 0 Å². The summed E-state index contributed by atoms with van der Waals surface area (Å²) in [6.07, 6.45) is 0. The van der Waals surface area contributed by atoms with E-state index in [2.05, 4.69) is 26.0 Å². The van der Waals surface area contributed by atoms with Gasteiger partial charge in [0, 0.05) is 5.69 Å². The lowest BCUT2D eigenvalue weighted by molar-refractivity contribution is -0.0497. The molecule has 106 valence electrons. The van der Waals surface area contributed by atoms with E-state index in [4.69, 9.17) is 11.6 Å². The lowest BCUT2D eigenvalue weighted by Gasteiger charge is -2.09. The van der Waals surface area contributed by atoms with Crippen molar-refractivity contribution in [3.63, 3.8) is 0 Å². The smallest absolute Gasteiger partial charge is 0.387 e. The molecular weight excluding hydrogens is 376 g/mol. The van der Waals surface area contributed by atoms with E-state index in [0.29, 0.717) is 10.6 Å². The molecule has 0 fully saturated rings. The molecule has 0 aliphatic heterocycles. The van der Waals surface area contributed by atoms with E-state index in [0.717, 1.165) is 3.79 Å². The van der Waals surface area contributed by atoms with Gasteiger partial charge in [-0.1, -0.05) is 11.6 Å². The number of halogens is 4. The first-order valence-electron chi connectivity index (χ1n) is 5.27. The van der Waals surface area contributed by atoms with E-state index in [1.165, 1.54) is 29.5 Å². The minimum absolute atomic E-state index is 0.00420. The monoisotopic (exact) mass is 381 g/mol. The normalized spacial score (nSPS) is 10.7. The van der Waals surface area contributed by atoms with Gasteiger partial charge >= 0.3 is 6.61 Å². The van der Waals surface area contributed by atoms with Crippen molar-refractivity contribution >= 4 is 50.5 Å². The number of thiophene rings is 1. The molecule has 0 radical (unpaired) electrons. The van der Waals surface area contributed by atoms with Crippen molar-refractivity contribution in [1.29, 1.82) is 0 Å². The summed E-state index contributed by atoms with van der Waals surface area (Å²) in [6.45, 7) is -2.95. The molecule has 2 rings (SSSR count). The second-order valence-corrected chi connectivity index (χ2v) is 6.45. The predicted molar refractivity (Wildman–Crippen MR) is 78.1 cm³/mol. The number of rotatable bonds is 4. The Hall–Kier alpha value is -1.18. The molecule has 3 nitrogen and oxygen atoms in total. The number of carbonyl (C=O) groups is 1. The molecule has 0 bridgehead atoms. The van der Waals surface area contributed by atoms with Crippen LogP contribution in [0.3, 0.4) is 0 Å². The molecule has 0 saturated heterocycles. The van der Waals surface area contributed by atoms with Gasteiger partial charge in [-0.25, -0.2) is 0 Å². The van der Waals surface area contributed by atoms with Gasteiger partial charge in [-0.3, -0.25) is 4.79 Å². The summed E-state index contributed by atoms with van der Waals surface area (Å²) in [5, 5.41) is 2.61. The van der Waals surface area contributed by atoms with Gasteiger partial charge in [-0.2, -0.15) is 8.78 Å². The van der Waals surface area contributed by atoms with Crippen LogP contribution in [0.5, 0.6) is 5.75 Å². The maximum Gasteiger partial charge on any atom is 0.387 e.